The first kappa shape index (κ1) is 25.6. The lowest BCUT2D eigenvalue weighted by atomic mass is 10.1. The SMILES string of the molecule is CC.COCc1ccc(Cn2cc(C(=O)NCc3ccc(C)cc3)cn2)cc1.N=CN. The molecule has 166 valence electrons. The monoisotopic (exact) mass is 423 g/mol. The van der Waals surface area contributed by atoms with Crippen molar-refractivity contribution in [1.82, 2.24) is 15.1 Å². The van der Waals surface area contributed by atoms with E-state index in [-0.39, 0.29) is 5.91 Å². The van der Waals surface area contributed by atoms with Crippen LogP contribution in [0.2, 0.25) is 0 Å². The van der Waals surface area contributed by atoms with E-state index in [1.807, 2.05) is 69.3 Å². The molecule has 0 atom stereocenters. The van der Waals surface area contributed by atoms with Crippen LogP contribution < -0.4 is 11.1 Å². The Hall–Kier alpha value is -3.45. The highest BCUT2D eigenvalue weighted by Crippen LogP contribution is 2.08. The van der Waals surface area contributed by atoms with Crippen LogP contribution in [0.25, 0.3) is 0 Å². The molecule has 31 heavy (non-hydrogen) atoms. The van der Waals surface area contributed by atoms with Crippen molar-refractivity contribution < 1.29 is 9.53 Å². The molecule has 0 aliphatic carbocycles. The number of nitrogens with one attached hydrogen (secondary N) is 2. The highest BCUT2D eigenvalue weighted by molar-refractivity contribution is 5.93. The molecule has 0 saturated heterocycles. The first-order chi connectivity index (χ1) is 15.0. The molecule has 3 aromatic rings. The van der Waals surface area contributed by atoms with Crippen molar-refractivity contribution in [3.8, 4) is 0 Å². The van der Waals surface area contributed by atoms with Gasteiger partial charge in [-0.1, -0.05) is 67.9 Å². The Labute approximate surface area is 184 Å². The van der Waals surface area contributed by atoms with Crippen molar-refractivity contribution in [2.45, 2.75) is 40.5 Å². The second-order valence-corrected chi connectivity index (χ2v) is 6.51. The largest absolute Gasteiger partial charge is 0.390 e. The molecule has 0 bridgehead atoms. The van der Waals surface area contributed by atoms with E-state index in [0.717, 1.165) is 23.0 Å². The number of methoxy groups -OCH3 is 1. The number of hydrogen-bond donors (Lipinski definition) is 3. The molecule has 4 N–H and O–H groups in total. The lowest BCUT2D eigenvalue weighted by molar-refractivity contribution is 0.0951. The minimum atomic E-state index is -0.118. The molecule has 7 nitrogen and oxygen atoms in total. The summed E-state index contributed by atoms with van der Waals surface area (Å²) < 4.78 is 6.88. The van der Waals surface area contributed by atoms with Crippen molar-refractivity contribution in [3.63, 3.8) is 0 Å². The predicted octanol–water partition coefficient (Wildman–Crippen LogP) is 3.89. The summed E-state index contributed by atoms with van der Waals surface area (Å²) in [5, 5.41) is 13.1. The van der Waals surface area contributed by atoms with Crippen molar-refractivity contribution in [1.29, 1.82) is 5.41 Å². The zero-order chi connectivity index (χ0) is 23.1. The summed E-state index contributed by atoms with van der Waals surface area (Å²) in [4.78, 5) is 12.3. The molecular weight excluding hydrogens is 390 g/mol. The second kappa shape index (κ2) is 14.5. The first-order valence-electron chi connectivity index (χ1n) is 10.2. The fraction of sp³-hybridized carbons (Fsp3) is 0.292. The summed E-state index contributed by atoms with van der Waals surface area (Å²) in [7, 11) is 1.68. The van der Waals surface area contributed by atoms with Gasteiger partial charge in [0.2, 0.25) is 0 Å². The quantitative estimate of drug-likeness (QED) is 0.396. The molecule has 0 saturated carbocycles. The average molecular weight is 424 g/mol. The van der Waals surface area contributed by atoms with Crippen molar-refractivity contribution >= 4 is 12.2 Å². The zero-order valence-electron chi connectivity index (χ0n) is 18.8. The van der Waals surface area contributed by atoms with Crippen molar-refractivity contribution in [2.75, 3.05) is 7.11 Å². The molecule has 0 unspecified atom stereocenters. The van der Waals surface area contributed by atoms with Gasteiger partial charge in [-0.2, -0.15) is 5.10 Å². The number of nitrogens with zero attached hydrogens (tertiary/aromatic N) is 2. The summed E-state index contributed by atoms with van der Waals surface area (Å²) in [6.07, 6.45) is 4.12. The number of carbonyl (C=O) groups excluding carboxylic acids is 1. The Morgan fingerprint density at radius 3 is 2.23 bits per heavy atom. The molecule has 3 rings (SSSR count). The van der Waals surface area contributed by atoms with Gasteiger partial charge in [-0.3, -0.25) is 14.9 Å². The second-order valence-electron chi connectivity index (χ2n) is 6.51. The van der Waals surface area contributed by atoms with Crippen LogP contribution in [0.15, 0.2) is 60.9 Å². The molecule has 1 heterocycles. The van der Waals surface area contributed by atoms with E-state index in [1.165, 1.54) is 5.56 Å². The van der Waals surface area contributed by atoms with Gasteiger partial charge >= 0.3 is 0 Å². The van der Waals surface area contributed by atoms with Crippen LogP contribution in [-0.4, -0.2) is 29.1 Å². The van der Waals surface area contributed by atoms with Crippen LogP contribution in [0, 0.1) is 12.3 Å². The molecule has 0 aliphatic rings. The number of rotatable bonds is 7. The van der Waals surface area contributed by atoms with Gasteiger partial charge in [0.15, 0.2) is 0 Å². The Balaban J connectivity index is 0.000000884. The Kier molecular flexibility index (Phi) is 12.0. The minimum Gasteiger partial charge on any atom is -0.390 e. The van der Waals surface area contributed by atoms with Crippen LogP contribution in [0.3, 0.4) is 0 Å². The van der Waals surface area contributed by atoms with Gasteiger partial charge in [0.25, 0.3) is 5.91 Å². The summed E-state index contributed by atoms with van der Waals surface area (Å²) in [5.41, 5.74) is 9.49. The fourth-order valence-corrected chi connectivity index (χ4v) is 2.65. The molecule has 0 aliphatic heterocycles. The number of aryl methyl sites for hydroxylation is 1. The maximum Gasteiger partial charge on any atom is 0.254 e. The first-order valence-corrected chi connectivity index (χ1v) is 10.2. The van der Waals surface area contributed by atoms with Gasteiger partial charge in [0, 0.05) is 19.9 Å². The summed E-state index contributed by atoms with van der Waals surface area (Å²) >= 11 is 0. The Morgan fingerprint density at radius 1 is 1.10 bits per heavy atom. The summed E-state index contributed by atoms with van der Waals surface area (Å²) in [6.45, 7) is 7.78. The van der Waals surface area contributed by atoms with E-state index in [1.54, 1.807) is 24.2 Å². The van der Waals surface area contributed by atoms with Crippen molar-refractivity contribution in [3.05, 3.63) is 88.7 Å². The van der Waals surface area contributed by atoms with E-state index in [4.69, 9.17) is 10.1 Å². The smallest absolute Gasteiger partial charge is 0.254 e. The van der Waals surface area contributed by atoms with E-state index >= 15 is 0 Å². The highest BCUT2D eigenvalue weighted by Gasteiger charge is 2.08. The molecular formula is C24H33N5O2. The maximum absolute atomic E-state index is 12.3. The Bertz CT molecular complexity index is 902. The Morgan fingerprint density at radius 2 is 1.65 bits per heavy atom. The van der Waals surface area contributed by atoms with E-state index in [2.05, 4.69) is 16.1 Å². The van der Waals surface area contributed by atoms with Crippen LogP contribution in [-0.2, 0) is 24.4 Å². The fourth-order valence-electron chi connectivity index (χ4n) is 2.65. The topological polar surface area (TPSA) is 106 Å². The lowest BCUT2D eigenvalue weighted by Gasteiger charge is -2.05. The van der Waals surface area contributed by atoms with Crippen LogP contribution in [0.4, 0.5) is 0 Å². The molecule has 1 aromatic heterocycles. The third-order valence-corrected chi connectivity index (χ3v) is 4.15. The van der Waals surface area contributed by atoms with Crippen LogP contribution >= 0.6 is 0 Å². The normalized spacial score (nSPS) is 9.55. The highest BCUT2D eigenvalue weighted by atomic mass is 16.5. The van der Waals surface area contributed by atoms with Gasteiger partial charge in [0.1, 0.15) is 0 Å². The summed E-state index contributed by atoms with van der Waals surface area (Å²) in [6, 6.07) is 16.3. The van der Waals surface area contributed by atoms with Gasteiger partial charge in [-0.05, 0) is 23.6 Å². The van der Waals surface area contributed by atoms with Gasteiger partial charge in [-0.25, -0.2) is 0 Å². The predicted molar refractivity (Wildman–Crippen MR) is 125 cm³/mol. The zero-order valence-corrected chi connectivity index (χ0v) is 18.8. The van der Waals surface area contributed by atoms with Gasteiger partial charge in [0.05, 0.1) is 31.3 Å². The lowest BCUT2D eigenvalue weighted by Crippen LogP contribution is -2.22. The summed E-state index contributed by atoms with van der Waals surface area (Å²) in [5.74, 6) is -0.118. The molecule has 1 amide bonds. The average Bonchev–Trinajstić information content (AvgIpc) is 3.25. The van der Waals surface area contributed by atoms with Crippen LogP contribution in [0.5, 0.6) is 0 Å². The third kappa shape index (κ3) is 9.27. The van der Waals surface area contributed by atoms with E-state index in [9.17, 15) is 4.79 Å². The van der Waals surface area contributed by atoms with Crippen molar-refractivity contribution in [2.24, 2.45) is 5.73 Å². The minimum absolute atomic E-state index is 0.118. The number of aromatic nitrogens is 2. The molecule has 0 spiro atoms. The van der Waals surface area contributed by atoms with Gasteiger partial charge < -0.3 is 15.8 Å². The van der Waals surface area contributed by atoms with Gasteiger partial charge in [-0.15, -0.1) is 0 Å². The third-order valence-electron chi connectivity index (χ3n) is 4.15. The molecule has 0 fully saturated rings. The number of carbonyl (C=O) groups is 1. The standard InChI is InChI=1S/C21H23N3O2.C2H6.CH4N2/c1-16-3-5-17(6-4-16)11-22-21(25)20-12-23-24(14-20)13-18-7-9-19(10-8-18)15-26-2;1-2;2-1-3/h3-10,12,14H,11,13,15H2,1-2H3,(H,22,25);1-2H3;1H,(H3,2,3). The van der Waals surface area contributed by atoms with Crippen LogP contribution in [0.1, 0.15) is 46.5 Å². The number of hydrogen-bond acceptors (Lipinski definition) is 4. The number of ether oxygens (including phenoxy) is 1. The number of amides is 1. The molecule has 7 heteroatoms. The van der Waals surface area contributed by atoms with E-state index in [0.29, 0.717) is 25.3 Å². The number of nitrogens with two attached hydrogens (primary N) is 1. The maximum atomic E-state index is 12.3. The number of benzene rings is 2. The molecule has 0 radical (unpaired) electrons. The van der Waals surface area contributed by atoms with E-state index < -0.39 is 0 Å². The molecule has 2 aromatic carbocycles.